The molecule has 0 bridgehead atoms. The molecule has 1 atom stereocenters. The van der Waals surface area contributed by atoms with E-state index in [1.54, 1.807) is 20.8 Å². The summed E-state index contributed by atoms with van der Waals surface area (Å²) < 4.78 is 37.1. The number of ether oxygens (including phenoxy) is 2. The Bertz CT molecular complexity index is 395. The lowest BCUT2D eigenvalue weighted by Crippen LogP contribution is -2.46. The van der Waals surface area contributed by atoms with Crippen LogP contribution in [0.5, 0.6) is 0 Å². The average molecular weight is 344 g/mol. The van der Waals surface area contributed by atoms with Gasteiger partial charge in [-0.1, -0.05) is 0 Å². The Labute approximate surface area is 135 Å². The molecule has 0 aromatic rings. The quantitative estimate of drug-likeness (QED) is 0.751. The van der Waals surface area contributed by atoms with Crippen LogP contribution in [0.2, 0.25) is 0 Å². The van der Waals surface area contributed by atoms with Crippen molar-refractivity contribution in [3.8, 4) is 0 Å². The van der Waals surface area contributed by atoms with Crippen molar-refractivity contribution in [2.24, 2.45) is 5.92 Å². The second-order valence-electron chi connectivity index (χ2n) is 6.43. The number of alkyl halides is 2. The maximum absolute atomic E-state index is 13.8. The van der Waals surface area contributed by atoms with Crippen molar-refractivity contribution in [2.75, 3.05) is 7.11 Å². The molecule has 22 heavy (non-hydrogen) atoms. The molecule has 0 unspecified atom stereocenters. The van der Waals surface area contributed by atoms with Crippen LogP contribution in [0.25, 0.3) is 0 Å². The molecule has 5 nitrogen and oxygen atoms in total. The first-order valence-electron chi connectivity index (χ1n) is 6.97. The van der Waals surface area contributed by atoms with Gasteiger partial charge in [0.2, 0.25) is 0 Å². The third kappa shape index (κ3) is 8.36. The summed E-state index contributed by atoms with van der Waals surface area (Å²) in [4.78, 5) is 23.2. The highest BCUT2D eigenvalue weighted by Gasteiger charge is 2.41. The number of alkyl carbamates (subject to hydrolysis) is 1. The van der Waals surface area contributed by atoms with Crippen molar-refractivity contribution < 1.29 is 27.8 Å². The van der Waals surface area contributed by atoms with Gasteiger partial charge < -0.3 is 14.8 Å². The van der Waals surface area contributed by atoms with Gasteiger partial charge in [0.25, 0.3) is 5.92 Å². The molecule has 1 N–H and O–H groups in total. The van der Waals surface area contributed by atoms with Crippen LogP contribution >= 0.6 is 12.4 Å². The van der Waals surface area contributed by atoms with E-state index in [0.29, 0.717) is 0 Å². The molecule has 0 aromatic heterocycles. The zero-order valence-corrected chi connectivity index (χ0v) is 14.1. The fourth-order valence-electron chi connectivity index (χ4n) is 1.91. The van der Waals surface area contributed by atoms with Gasteiger partial charge in [-0.05, 0) is 39.5 Å². The van der Waals surface area contributed by atoms with Crippen molar-refractivity contribution in [3.05, 3.63) is 0 Å². The van der Waals surface area contributed by atoms with Crippen molar-refractivity contribution in [1.82, 2.24) is 5.32 Å². The number of hydrogen-bond acceptors (Lipinski definition) is 4. The molecule has 0 aromatic carbocycles. The topological polar surface area (TPSA) is 64.6 Å². The summed E-state index contributed by atoms with van der Waals surface area (Å²) in [6.45, 7) is 4.92. The monoisotopic (exact) mass is 343 g/mol. The largest absolute Gasteiger partial charge is 0.467 e. The fraction of sp³-hybridized carbons (Fsp3) is 0.857. The Kier molecular flexibility index (Phi) is 7.54. The molecule has 1 saturated carbocycles. The minimum Gasteiger partial charge on any atom is -0.467 e. The molecule has 1 amide bonds. The minimum atomic E-state index is -3.02. The second-order valence-corrected chi connectivity index (χ2v) is 6.43. The fourth-order valence-corrected chi connectivity index (χ4v) is 1.91. The van der Waals surface area contributed by atoms with E-state index in [1.165, 1.54) is 0 Å². The smallest absolute Gasteiger partial charge is 0.408 e. The zero-order valence-electron chi connectivity index (χ0n) is 13.3. The van der Waals surface area contributed by atoms with Gasteiger partial charge >= 0.3 is 12.1 Å². The third-order valence-electron chi connectivity index (χ3n) is 2.96. The maximum atomic E-state index is 13.8. The molecule has 0 heterocycles. The highest BCUT2D eigenvalue weighted by molar-refractivity contribution is 5.85. The second kappa shape index (κ2) is 7.94. The van der Waals surface area contributed by atoms with Crippen molar-refractivity contribution >= 4 is 24.5 Å². The van der Waals surface area contributed by atoms with Gasteiger partial charge in [-0.15, -0.1) is 12.4 Å². The molecule has 130 valence electrons. The summed E-state index contributed by atoms with van der Waals surface area (Å²) in [5, 5.41) is 2.16. The number of halogens is 3. The van der Waals surface area contributed by atoms with E-state index in [9.17, 15) is 18.4 Å². The number of hydrogen-bond donors (Lipinski definition) is 1. The number of nitrogens with one attached hydrogen (secondary N) is 1. The van der Waals surface area contributed by atoms with Gasteiger partial charge in [-0.2, -0.15) is 0 Å². The van der Waals surface area contributed by atoms with E-state index in [1.807, 2.05) is 0 Å². The Hall–Kier alpha value is -1.11. The molecule has 8 heteroatoms. The predicted octanol–water partition coefficient (Wildman–Crippen LogP) is 3.30. The van der Waals surface area contributed by atoms with Gasteiger partial charge in [0.1, 0.15) is 11.6 Å². The lowest BCUT2D eigenvalue weighted by Gasteiger charge is -2.25. The van der Waals surface area contributed by atoms with E-state index in [2.05, 4.69) is 10.1 Å². The standard InChI is InChI=1S/C14H23F2NO4.ClH/c1-13(2,3)21-12(19)17-10(11(18)20-4)8-14(15,16)7-9-5-6-9;/h9-10H,5-8H2,1-4H3,(H,17,19);1H/t10-;/m0./s1. The van der Waals surface area contributed by atoms with Gasteiger partial charge in [0.15, 0.2) is 0 Å². The molecule has 0 spiro atoms. The van der Waals surface area contributed by atoms with Crippen LogP contribution in [0.4, 0.5) is 13.6 Å². The summed E-state index contributed by atoms with van der Waals surface area (Å²) in [5.74, 6) is -3.91. The molecule has 1 aliphatic rings. The lowest BCUT2D eigenvalue weighted by molar-refractivity contribution is -0.146. The molecule has 1 aliphatic carbocycles. The number of methoxy groups -OCH3 is 1. The number of esters is 1. The van der Waals surface area contributed by atoms with Crippen LogP contribution in [0.1, 0.15) is 46.5 Å². The molecule has 1 rings (SSSR count). The first-order valence-corrected chi connectivity index (χ1v) is 6.97. The zero-order chi connectivity index (χ0) is 16.3. The van der Waals surface area contributed by atoms with Crippen LogP contribution in [-0.4, -0.2) is 36.7 Å². The van der Waals surface area contributed by atoms with Crippen LogP contribution < -0.4 is 5.32 Å². The highest BCUT2D eigenvalue weighted by Crippen LogP contribution is 2.40. The highest BCUT2D eigenvalue weighted by atomic mass is 35.5. The summed E-state index contributed by atoms with van der Waals surface area (Å²) in [5.41, 5.74) is -0.777. The van der Waals surface area contributed by atoms with Crippen molar-refractivity contribution in [3.63, 3.8) is 0 Å². The minimum absolute atomic E-state index is 0. The first kappa shape index (κ1) is 20.9. The van der Waals surface area contributed by atoms with Crippen LogP contribution in [0.3, 0.4) is 0 Å². The average Bonchev–Trinajstić information content (AvgIpc) is 3.07. The molecule has 0 aliphatic heterocycles. The Morgan fingerprint density at radius 2 is 1.82 bits per heavy atom. The summed E-state index contributed by atoms with van der Waals surface area (Å²) >= 11 is 0. The number of rotatable bonds is 6. The van der Waals surface area contributed by atoms with Gasteiger partial charge in [-0.3, -0.25) is 0 Å². The normalized spacial score (nSPS) is 16.3. The van der Waals surface area contributed by atoms with E-state index in [0.717, 1.165) is 20.0 Å². The summed E-state index contributed by atoms with van der Waals surface area (Å²) in [6.07, 6.45) is -0.387. The third-order valence-corrected chi connectivity index (χ3v) is 2.96. The van der Waals surface area contributed by atoms with Gasteiger partial charge in [-0.25, -0.2) is 18.4 Å². The Balaban J connectivity index is 0.00000441. The molecule has 1 fully saturated rings. The van der Waals surface area contributed by atoms with Crippen LogP contribution in [-0.2, 0) is 14.3 Å². The van der Waals surface area contributed by atoms with E-state index in [4.69, 9.17) is 4.74 Å². The van der Waals surface area contributed by atoms with Crippen molar-refractivity contribution in [1.29, 1.82) is 0 Å². The predicted molar refractivity (Wildman–Crippen MR) is 79.3 cm³/mol. The number of carbonyl (C=O) groups excluding carboxylic acids is 2. The Morgan fingerprint density at radius 3 is 2.23 bits per heavy atom. The molecule has 0 saturated heterocycles. The lowest BCUT2D eigenvalue weighted by atomic mass is 10.0. The molecular formula is C14H24ClF2NO4. The molecular weight excluding hydrogens is 320 g/mol. The van der Waals surface area contributed by atoms with E-state index in [-0.39, 0.29) is 24.7 Å². The number of carbonyl (C=O) groups is 2. The van der Waals surface area contributed by atoms with E-state index >= 15 is 0 Å². The van der Waals surface area contributed by atoms with Crippen molar-refractivity contribution in [2.45, 2.75) is 64.0 Å². The van der Waals surface area contributed by atoms with Crippen LogP contribution in [0.15, 0.2) is 0 Å². The molecule has 0 radical (unpaired) electrons. The summed E-state index contributed by atoms with van der Waals surface area (Å²) in [7, 11) is 1.09. The maximum Gasteiger partial charge on any atom is 0.408 e. The van der Waals surface area contributed by atoms with Crippen LogP contribution in [0, 0.1) is 5.92 Å². The summed E-state index contributed by atoms with van der Waals surface area (Å²) in [6, 6.07) is -1.42. The van der Waals surface area contributed by atoms with Gasteiger partial charge in [0, 0.05) is 12.8 Å². The Morgan fingerprint density at radius 1 is 1.27 bits per heavy atom. The number of amides is 1. The SMILES string of the molecule is COC(=O)[C@H](CC(F)(F)CC1CC1)NC(=O)OC(C)(C)C.Cl. The van der Waals surface area contributed by atoms with E-state index < -0.39 is 36.0 Å². The first-order chi connectivity index (χ1) is 9.52. The van der Waals surface area contributed by atoms with Gasteiger partial charge in [0.05, 0.1) is 7.11 Å².